The summed E-state index contributed by atoms with van der Waals surface area (Å²) in [5, 5.41) is 15.0. The molecule has 2 heterocycles. The fourth-order valence-corrected chi connectivity index (χ4v) is 4.19. The number of ether oxygens (including phenoxy) is 1. The Balaban J connectivity index is 1.45. The normalized spacial score (nSPS) is 11.5. The van der Waals surface area contributed by atoms with E-state index in [0.29, 0.717) is 17.3 Å². The Labute approximate surface area is 199 Å². The van der Waals surface area contributed by atoms with Crippen LogP contribution in [0.15, 0.2) is 71.6 Å². The van der Waals surface area contributed by atoms with Gasteiger partial charge >= 0.3 is 5.76 Å². The summed E-state index contributed by atoms with van der Waals surface area (Å²) in [6.45, 7) is 3.79. The van der Waals surface area contributed by atoms with Gasteiger partial charge in [-0.25, -0.2) is 13.1 Å². The van der Waals surface area contributed by atoms with Crippen molar-refractivity contribution in [3.05, 3.63) is 83.7 Å². The molecule has 0 fully saturated rings. The molecule has 180 valence electrons. The molecular formula is C23H19F2N5O4S. The van der Waals surface area contributed by atoms with Crippen molar-refractivity contribution in [1.29, 1.82) is 0 Å². The minimum atomic E-state index is -4.94. The van der Waals surface area contributed by atoms with Crippen molar-refractivity contribution < 1.29 is 26.7 Å². The number of aryl methyl sites for hydroxylation is 2. The number of amides is 1. The van der Waals surface area contributed by atoms with Gasteiger partial charge in [-0.15, -0.1) is 10.2 Å². The Hall–Kier alpha value is -4.19. The molecule has 0 aliphatic heterocycles. The molecule has 9 nitrogen and oxygen atoms in total. The van der Waals surface area contributed by atoms with Crippen LogP contribution in [0.2, 0.25) is 0 Å². The van der Waals surface area contributed by atoms with Gasteiger partial charge in [0, 0.05) is 17.4 Å². The van der Waals surface area contributed by atoms with Gasteiger partial charge in [0.1, 0.15) is 5.75 Å². The zero-order valence-electron chi connectivity index (χ0n) is 18.5. The number of rotatable bonds is 7. The smallest absolute Gasteiger partial charge is 0.341 e. The first-order valence-electron chi connectivity index (χ1n) is 10.2. The van der Waals surface area contributed by atoms with E-state index in [9.17, 15) is 22.0 Å². The van der Waals surface area contributed by atoms with Crippen molar-refractivity contribution in [2.24, 2.45) is 0 Å². The largest absolute Gasteiger partial charge is 0.438 e. The molecule has 4 aromatic rings. The number of sulfone groups is 1. The van der Waals surface area contributed by atoms with Gasteiger partial charge in [-0.2, -0.15) is 13.9 Å². The van der Waals surface area contributed by atoms with E-state index in [-0.39, 0.29) is 11.4 Å². The zero-order chi connectivity index (χ0) is 25.2. The average molecular weight is 499 g/mol. The standard InChI is InChI=1S/C23H19F2N5O4S/c1-14-13-15(2)30(29-14)20-11-12-21(28-27-20)34-17-9-7-16(8-10-17)26-22(31)18-5-3-4-6-19(18)35(32,33)23(24)25/h3-13,23H,1-2H3,(H,26,31). The molecule has 0 saturated carbocycles. The number of anilines is 1. The van der Waals surface area contributed by atoms with Gasteiger partial charge in [-0.05, 0) is 62.4 Å². The average Bonchev–Trinajstić information content (AvgIpc) is 3.18. The molecule has 0 aliphatic rings. The van der Waals surface area contributed by atoms with Crippen molar-refractivity contribution in [2.45, 2.75) is 24.5 Å². The maximum atomic E-state index is 13.0. The van der Waals surface area contributed by atoms with Gasteiger partial charge < -0.3 is 10.1 Å². The number of aromatic nitrogens is 4. The third-order valence-corrected chi connectivity index (χ3v) is 6.30. The molecule has 0 unspecified atom stereocenters. The molecule has 35 heavy (non-hydrogen) atoms. The van der Waals surface area contributed by atoms with Crippen molar-refractivity contribution >= 4 is 21.4 Å². The molecule has 12 heteroatoms. The number of nitrogens with one attached hydrogen (secondary N) is 1. The molecule has 0 radical (unpaired) electrons. The number of benzene rings is 2. The van der Waals surface area contributed by atoms with Crippen molar-refractivity contribution in [3.63, 3.8) is 0 Å². The van der Waals surface area contributed by atoms with Crippen LogP contribution in [0.5, 0.6) is 11.6 Å². The van der Waals surface area contributed by atoms with E-state index < -0.39 is 26.4 Å². The van der Waals surface area contributed by atoms with Crippen LogP contribution in [-0.2, 0) is 9.84 Å². The molecule has 0 atom stereocenters. The minimum Gasteiger partial charge on any atom is -0.438 e. The van der Waals surface area contributed by atoms with Crippen LogP contribution in [0.4, 0.5) is 14.5 Å². The first-order valence-corrected chi connectivity index (χ1v) is 11.8. The highest BCUT2D eigenvalue weighted by molar-refractivity contribution is 7.91. The van der Waals surface area contributed by atoms with Crippen molar-refractivity contribution in [2.75, 3.05) is 5.32 Å². The quantitative estimate of drug-likeness (QED) is 0.403. The monoisotopic (exact) mass is 499 g/mol. The minimum absolute atomic E-state index is 0.234. The Bertz CT molecular complexity index is 1470. The lowest BCUT2D eigenvalue weighted by Crippen LogP contribution is -2.19. The number of alkyl halides is 2. The Morgan fingerprint density at radius 2 is 1.71 bits per heavy atom. The van der Waals surface area contributed by atoms with E-state index in [4.69, 9.17) is 4.74 Å². The number of nitrogens with zero attached hydrogens (tertiary/aromatic N) is 4. The van der Waals surface area contributed by atoms with Crippen molar-refractivity contribution in [1.82, 2.24) is 20.0 Å². The number of carbonyl (C=O) groups excluding carboxylic acids is 1. The highest BCUT2D eigenvalue weighted by Crippen LogP contribution is 2.25. The zero-order valence-corrected chi connectivity index (χ0v) is 19.3. The van der Waals surface area contributed by atoms with Crippen LogP contribution in [0, 0.1) is 13.8 Å². The van der Waals surface area contributed by atoms with E-state index in [1.807, 2.05) is 19.9 Å². The van der Waals surface area contributed by atoms with Crippen LogP contribution in [0.25, 0.3) is 5.82 Å². The maximum absolute atomic E-state index is 13.0. The number of hydrogen-bond donors (Lipinski definition) is 1. The highest BCUT2D eigenvalue weighted by atomic mass is 32.2. The predicted octanol–water partition coefficient (Wildman–Crippen LogP) is 4.32. The van der Waals surface area contributed by atoms with Crippen LogP contribution in [-0.4, -0.2) is 40.1 Å². The SMILES string of the molecule is Cc1cc(C)n(-c2ccc(Oc3ccc(NC(=O)c4ccccc4S(=O)(=O)C(F)F)cc3)nn2)n1. The predicted molar refractivity (Wildman–Crippen MR) is 123 cm³/mol. The van der Waals surface area contributed by atoms with Gasteiger partial charge in [0.2, 0.25) is 15.7 Å². The summed E-state index contributed by atoms with van der Waals surface area (Å²) in [5.41, 5.74) is 1.69. The van der Waals surface area contributed by atoms with Gasteiger partial charge in [-0.1, -0.05) is 12.1 Å². The molecule has 0 bridgehead atoms. The summed E-state index contributed by atoms with van der Waals surface area (Å²) in [7, 11) is -4.94. The van der Waals surface area contributed by atoms with Crippen LogP contribution < -0.4 is 10.1 Å². The Kier molecular flexibility index (Phi) is 6.56. The topological polar surface area (TPSA) is 116 Å². The van der Waals surface area contributed by atoms with E-state index >= 15 is 0 Å². The van der Waals surface area contributed by atoms with E-state index in [1.165, 1.54) is 24.3 Å². The number of hydrogen-bond acceptors (Lipinski definition) is 7. The summed E-state index contributed by atoms with van der Waals surface area (Å²) in [4.78, 5) is 11.8. The lowest BCUT2D eigenvalue weighted by Gasteiger charge is -2.11. The van der Waals surface area contributed by atoms with Gasteiger partial charge in [0.05, 0.1) is 16.2 Å². The Morgan fingerprint density at radius 3 is 2.31 bits per heavy atom. The maximum Gasteiger partial charge on any atom is 0.341 e. The molecule has 0 aliphatic carbocycles. The molecule has 0 saturated heterocycles. The molecule has 1 amide bonds. The number of carbonyl (C=O) groups is 1. The molecule has 1 N–H and O–H groups in total. The van der Waals surface area contributed by atoms with Crippen molar-refractivity contribution in [3.8, 4) is 17.4 Å². The van der Waals surface area contributed by atoms with Crippen LogP contribution in [0.3, 0.4) is 0 Å². The second kappa shape index (κ2) is 9.58. The lowest BCUT2D eigenvalue weighted by molar-refractivity contribution is 0.102. The second-order valence-electron chi connectivity index (χ2n) is 7.45. The highest BCUT2D eigenvalue weighted by Gasteiger charge is 2.30. The van der Waals surface area contributed by atoms with E-state index in [2.05, 4.69) is 20.6 Å². The molecule has 0 spiro atoms. The van der Waals surface area contributed by atoms with Crippen LogP contribution in [0.1, 0.15) is 21.7 Å². The summed E-state index contributed by atoms with van der Waals surface area (Å²) in [5.74, 6) is -3.31. The molecule has 2 aromatic carbocycles. The van der Waals surface area contributed by atoms with Gasteiger partial charge in [-0.3, -0.25) is 4.79 Å². The van der Waals surface area contributed by atoms with E-state index in [1.54, 1.807) is 28.9 Å². The van der Waals surface area contributed by atoms with Gasteiger partial charge in [0.15, 0.2) is 5.82 Å². The molecule has 2 aromatic heterocycles. The Morgan fingerprint density at radius 1 is 1.00 bits per heavy atom. The van der Waals surface area contributed by atoms with Crippen LogP contribution >= 0.6 is 0 Å². The molecule has 4 rings (SSSR count). The van der Waals surface area contributed by atoms with E-state index in [0.717, 1.165) is 23.5 Å². The first kappa shape index (κ1) is 24.0. The first-order chi connectivity index (χ1) is 16.6. The summed E-state index contributed by atoms with van der Waals surface area (Å²) >= 11 is 0. The lowest BCUT2D eigenvalue weighted by atomic mass is 10.2. The summed E-state index contributed by atoms with van der Waals surface area (Å²) < 4.78 is 57.0. The fourth-order valence-electron chi connectivity index (χ4n) is 3.27. The third kappa shape index (κ3) is 5.17. The summed E-state index contributed by atoms with van der Waals surface area (Å²) in [6, 6.07) is 16.2. The second-order valence-corrected chi connectivity index (χ2v) is 9.34. The fraction of sp³-hybridized carbons (Fsp3) is 0.130. The van der Waals surface area contributed by atoms with Gasteiger partial charge in [0.25, 0.3) is 5.91 Å². The number of halogens is 2. The summed E-state index contributed by atoms with van der Waals surface area (Å²) in [6.07, 6.45) is 0. The molecular weight excluding hydrogens is 480 g/mol. The third-order valence-electron chi connectivity index (χ3n) is 4.86.